The van der Waals surface area contributed by atoms with Gasteiger partial charge in [-0.15, -0.1) is 0 Å². The molecule has 0 aromatic heterocycles. The Hall–Kier alpha value is -2.42. The summed E-state index contributed by atoms with van der Waals surface area (Å²) in [4.78, 5) is 2.57. The van der Waals surface area contributed by atoms with Gasteiger partial charge in [-0.05, 0) is 46.5 Å². The molecule has 0 nitrogen and oxygen atoms in total. The Morgan fingerprint density at radius 3 is 1.03 bits per heavy atom. The predicted molar refractivity (Wildman–Crippen MR) is 133 cm³/mol. The summed E-state index contributed by atoms with van der Waals surface area (Å²) < 4.78 is 0. The van der Waals surface area contributed by atoms with E-state index in [1.807, 2.05) is 21.6 Å². The minimum Gasteiger partial charge on any atom is -0.0622 e. The third-order valence-corrected chi connectivity index (χ3v) is 8.01. The summed E-state index contributed by atoms with van der Waals surface area (Å²) in [6.45, 7) is 4.54. The molecule has 0 aliphatic rings. The van der Waals surface area contributed by atoms with Gasteiger partial charge in [-0.2, -0.15) is 0 Å². The van der Waals surface area contributed by atoms with Gasteiger partial charge in [-0.3, -0.25) is 0 Å². The fourth-order valence-corrected chi connectivity index (χ4v) is 5.52. The van der Waals surface area contributed by atoms with E-state index in [1.54, 1.807) is 0 Å². The van der Waals surface area contributed by atoms with Crippen molar-refractivity contribution in [3.05, 3.63) is 131 Å². The first kappa shape index (κ1) is 20.8. The largest absolute Gasteiger partial charge is 0.0622 e. The average molecular weight is 427 g/mol. The maximum Gasteiger partial charge on any atom is 0.0186 e. The van der Waals surface area contributed by atoms with Gasteiger partial charge in [0.1, 0.15) is 0 Å². The van der Waals surface area contributed by atoms with Crippen LogP contribution in [-0.2, 0) is 0 Å². The van der Waals surface area contributed by atoms with Crippen LogP contribution in [0.15, 0.2) is 119 Å². The van der Waals surface area contributed by atoms with Crippen LogP contribution in [-0.4, -0.2) is 0 Å². The van der Waals surface area contributed by atoms with Gasteiger partial charge in [0.15, 0.2) is 0 Å². The second-order valence-corrected chi connectivity index (χ2v) is 9.85. The molecule has 0 amide bonds. The van der Waals surface area contributed by atoms with Crippen molar-refractivity contribution in [1.82, 2.24) is 0 Å². The molecule has 0 aliphatic carbocycles. The highest BCUT2D eigenvalue weighted by molar-refractivity contribution is 8.76. The van der Waals surface area contributed by atoms with E-state index in [9.17, 15) is 0 Å². The molecule has 0 saturated carbocycles. The van der Waals surface area contributed by atoms with Gasteiger partial charge in [0.05, 0.1) is 0 Å². The maximum absolute atomic E-state index is 2.27. The number of hydrogen-bond acceptors (Lipinski definition) is 2. The van der Waals surface area contributed by atoms with E-state index in [4.69, 9.17) is 0 Å². The molecule has 0 fully saturated rings. The molecule has 0 radical (unpaired) electrons. The Morgan fingerprint density at radius 2 is 0.700 bits per heavy atom. The molecular formula is C28H26S2. The van der Waals surface area contributed by atoms with E-state index in [2.05, 4.69) is 123 Å². The van der Waals surface area contributed by atoms with E-state index in [1.165, 1.54) is 32.0 Å². The van der Waals surface area contributed by atoms with Crippen LogP contribution in [0.5, 0.6) is 0 Å². The fraction of sp³-hybridized carbons (Fsp3) is 0.143. The van der Waals surface area contributed by atoms with Crippen LogP contribution in [0.3, 0.4) is 0 Å². The highest BCUT2D eigenvalue weighted by Crippen LogP contribution is 2.38. The fourth-order valence-electron chi connectivity index (χ4n) is 3.59. The van der Waals surface area contributed by atoms with Crippen molar-refractivity contribution in [1.29, 1.82) is 0 Å². The van der Waals surface area contributed by atoms with Crippen molar-refractivity contribution in [3.8, 4) is 0 Å². The third kappa shape index (κ3) is 5.19. The van der Waals surface area contributed by atoms with Crippen LogP contribution in [0.1, 0.15) is 47.9 Å². The van der Waals surface area contributed by atoms with Crippen molar-refractivity contribution < 1.29 is 0 Å². The number of benzene rings is 4. The third-order valence-electron chi connectivity index (χ3n) is 5.59. The molecule has 4 aromatic rings. The van der Waals surface area contributed by atoms with Gasteiger partial charge >= 0.3 is 0 Å². The topological polar surface area (TPSA) is 0 Å². The summed E-state index contributed by atoms with van der Waals surface area (Å²) in [7, 11) is 3.63. The van der Waals surface area contributed by atoms with Crippen LogP contribution < -0.4 is 0 Å². The van der Waals surface area contributed by atoms with Crippen LogP contribution in [0.25, 0.3) is 0 Å². The Kier molecular flexibility index (Phi) is 6.99. The van der Waals surface area contributed by atoms with Crippen molar-refractivity contribution >= 4 is 21.6 Å². The first-order valence-corrected chi connectivity index (χ1v) is 12.5. The van der Waals surface area contributed by atoms with Crippen molar-refractivity contribution in [3.63, 3.8) is 0 Å². The molecule has 0 spiro atoms. The van der Waals surface area contributed by atoms with Crippen LogP contribution >= 0.6 is 21.6 Å². The molecule has 0 heterocycles. The first-order chi connectivity index (χ1) is 14.7. The zero-order chi connectivity index (χ0) is 20.8. The lowest BCUT2D eigenvalue weighted by Crippen LogP contribution is -1.95. The van der Waals surface area contributed by atoms with Crippen molar-refractivity contribution in [2.24, 2.45) is 0 Å². The summed E-state index contributed by atoms with van der Waals surface area (Å²) in [6, 6.07) is 39.3. The molecule has 2 atom stereocenters. The van der Waals surface area contributed by atoms with E-state index in [0.29, 0.717) is 11.8 Å². The smallest absolute Gasteiger partial charge is 0.0186 e. The van der Waals surface area contributed by atoms with E-state index < -0.39 is 0 Å². The van der Waals surface area contributed by atoms with Crippen LogP contribution in [0.4, 0.5) is 0 Å². The standard InChI is InChI=1S/C28H26S2/c1-21(23-9-5-3-6-10-23)25-13-17-27(18-14-25)29-30-28-19-15-26(16-20-28)22(2)24-11-7-4-8-12-24/h3-22H,1-2H3. The molecule has 0 saturated heterocycles. The summed E-state index contributed by atoms with van der Waals surface area (Å²) >= 11 is 0. The van der Waals surface area contributed by atoms with E-state index >= 15 is 0 Å². The van der Waals surface area contributed by atoms with E-state index in [0.717, 1.165) is 0 Å². The lowest BCUT2D eigenvalue weighted by atomic mass is 9.93. The maximum atomic E-state index is 2.27. The van der Waals surface area contributed by atoms with Crippen molar-refractivity contribution in [2.75, 3.05) is 0 Å². The predicted octanol–water partition coefficient (Wildman–Crippen LogP) is 8.79. The van der Waals surface area contributed by atoms with E-state index in [-0.39, 0.29) is 0 Å². The van der Waals surface area contributed by atoms with Crippen LogP contribution in [0, 0.1) is 0 Å². The van der Waals surface area contributed by atoms with Gasteiger partial charge < -0.3 is 0 Å². The lowest BCUT2D eigenvalue weighted by Gasteiger charge is -2.13. The quantitative estimate of drug-likeness (QED) is 0.271. The Bertz CT molecular complexity index is 950. The molecule has 0 N–H and O–H groups in total. The Morgan fingerprint density at radius 1 is 0.400 bits per heavy atom. The number of hydrogen-bond donors (Lipinski definition) is 0. The molecule has 2 unspecified atom stereocenters. The molecule has 4 rings (SSSR count). The van der Waals surface area contributed by atoms with Gasteiger partial charge in [-0.1, -0.05) is 120 Å². The molecule has 2 heteroatoms. The zero-order valence-corrected chi connectivity index (χ0v) is 19.0. The van der Waals surface area contributed by atoms with Crippen molar-refractivity contribution in [2.45, 2.75) is 35.5 Å². The second-order valence-electron chi connectivity index (χ2n) is 7.57. The first-order valence-electron chi connectivity index (χ1n) is 10.3. The van der Waals surface area contributed by atoms with Gasteiger partial charge in [0, 0.05) is 21.6 Å². The molecule has 150 valence electrons. The summed E-state index contributed by atoms with van der Waals surface area (Å²) in [6.07, 6.45) is 0. The normalized spacial score (nSPS) is 13.0. The van der Waals surface area contributed by atoms with Gasteiger partial charge in [0.25, 0.3) is 0 Å². The second kappa shape index (κ2) is 10.1. The van der Waals surface area contributed by atoms with Gasteiger partial charge in [-0.25, -0.2) is 0 Å². The zero-order valence-electron chi connectivity index (χ0n) is 17.4. The monoisotopic (exact) mass is 426 g/mol. The summed E-state index contributed by atoms with van der Waals surface area (Å²) in [5.74, 6) is 0.828. The van der Waals surface area contributed by atoms with Gasteiger partial charge in [0.2, 0.25) is 0 Å². The minimum absolute atomic E-state index is 0.414. The summed E-state index contributed by atoms with van der Waals surface area (Å²) in [5.41, 5.74) is 5.43. The average Bonchev–Trinajstić information content (AvgIpc) is 2.83. The molecular weight excluding hydrogens is 400 g/mol. The minimum atomic E-state index is 0.414. The molecule has 4 aromatic carbocycles. The highest BCUT2D eigenvalue weighted by atomic mass is 33.1. The van der Waals surface area contributed by atoms with Crippen LogP contribution in [0.2, 0.25) is 0 Å². The Balaban J connectivity index is 1.35. The summed E-state index contributed by atoms with van der Waals surface area (Å²) in [5, 5.41) is 0. The molecule has 0 bridgehead atoms. The lowest BCUT2D eigenvalue weighted by molar-refractivity contribution is 0.920. The SMILES string of the molecule is CC(c1ccccc1)c1ccc(SSc2ccc(C(C)c3ccccc3)cc2)cc1. The number of rotatable bonds is 7. The molecule has 0 aliphatic heterocycles. The highest BCUT2D eigenvalue weighted by Gasteiger charge is 2.09. The molecule has 30 heavy (non-hydrogen) atoms. The Labute approximate surface area is 188 Å².